The highest BCUT2D eigenvalue weighted by Crippen LogP contribution is 2.14. The van der Waals surface area contributed by atoms with Crippen LogP contribution in [-0.4, -0.2) is 46.4 Å². The summed E-state index contributed by atoms with van der Waals surface area (Å²) in [5.41, 5.74) is 1.09. The van der Waals surface area contributed by atoms with Crippen LogP contribution in [0.3, 0.4) is 0 Å². The predicted molar refractivity (Wildman–Crippen MR) is 78.1 cm³/mol. The molecule has 7 heteroatoms. The lowest BCUT2D eigenvalue weighted by atomic mass is 10.1. The number of ether oxygens (including phenoxy) is 2. The van der Waals surface area contributed by atoms with Crippen molar-refractivity contribution >= 4 is 5.91 Å². The summed E-state index contributed by atoms with van der Waals surface area (Å²) in [4.78, 5) is 15.9. The van der Waals surface area contributed by atoms with Crippen molar-refractivity contribution in [1.29, 1.82) is 0 Å². The van der Waals surface area contributed by atoms with E-state index >= 15 is 0 Å². The van der Waals surface area contributed by atoms with E-state index in [4.69, 9.17) is 9.47 Å². The van der Waals surface area contributed by atoms with Gasteiger partial charge in [0, 0.05) is 6.61 Å². The molecule has 2 heterocycles. The Morgan fingerprint density at radius 2 is 2.27 bits per heavy atom. The van der Waals surface area contributed by atoms with Gasteiger partial charge in [0.25, 0.3) is 5.91 Å². The van der Waals surface area contributed by atoms with Crippen LogP contribution in [0, 0.1) is 0 Å². The average Bonchev–Trinajstić information content (AvgIpc) is 3.10. The number of amides is 1. The van der Waals surface area contributed by atoms with Crippen molar-refractivity contribution in [3.63, 3.8) is 0 Å². The van der Waals surface area contributed by atoms with Crippen molar-refractivity contribution in [2.24, 2.45) is 0 Å². The van der Waals surface area contributed by atoms with Gasteiger partial charge in [-0.2, -0.15) is 5.10 Å². The van der Waals surface area contributed by atoms with Gasteiger partial charge in [-0.3, -0.25) is 9.89 Å². The van der Waals surface area contributed by atoms with Crippen molar-refractivity contribution in [2.75, 3.05) is 13.2 Å². The van der Waals surface area contributed by atoms with Gasteiger partial charge in [0.15, 0.2) is 0 Å². The van der Waals surface area contributed by atoms with Crippen molar-refractivity contribution in [3.05, 3.63) is 48.0 Å². The van der Waals surface area contributed by atoms with E-state index in [1.54, 1.807) is 0 Å². The first-order valence-electron chi connectivity index (χ1n) is 7.22. The van der Waals surface area contributed by atoms with E-state index in [1.165, 1.54) is 6.33 Å². The molecule has 1 saturated heterocycles. The van der Waals surface area contributed by atoms with Gasteiger partial charge in [0.1, 0.15) is 12.4 Å². The third-order valence-electron chi connectivity index (χ3n) is 3.56. The van der Waals surface area contributed by atoms with Gasteiger partial charge in [0.2, 0.25) is 5.82 Å². The van der Waals surface area contributed by atoms with E-state index < -0.39 is 0 Å². The molecule has 1 aromatic carbocycles. The number of rotatable bonds is 5. The molecule has 0 spiro atoms. The van der Waals surface area contributed by atoms with E-state index in [1.807, 2.05) is 30.3 Å². The maximum absolute atomic E-state index is 12.1. The summed E-state index contributed by atoms with van der Waals surface area (Å²) in [5, 5.41) is 9.16. The summed E-state index contributed by atoms with van der Waals surface area (Å²) in [6, 6.07) is 9.82. The zero-order valence-corrected chi connectivity index (χ0v) is 12.1. The van der Waals surface area contributed by atoms with Crippen molar-refractivity contribution in [3.8, 4) is 0 Å². The van der Waals surface area contributed by atoms with Gasteiger partial charge in [-0.15, -0.1) is 0 Å². The molecule has 0 saturated carbocycles. The highest BCUT2D eigenvalue weighted by Gasteiger charge is 2.28. The Bertz CT molecular complexity index is 588. The Hall–Kier alpha value is -2.25. The third-order valence-corrected chi connectivity index (χ3v) is 3.56. The fourth-order valence-electron chi connectivity index (χ4n) is 2.37. The van der Waals surface area contributed by atoms with E-state index in [-0.39, 0.29) is 23.9 Å². The van der Waals surface area contributed by atoms with E-state index in [2.05, 4.69) is 20.5 Å². The molecule has 22 heavy (non-hydrogen) atoms. The normalized spacial score (nSPS) is 21.5. The van der Waals surface area contributed by atoms with Crippen LogP contribution in [0.2, 0.25) is 0 Å². The second-order valence-electron chi connectivity index (χ2n) is 5.11. The number of carbonyl (C=O) groups excluding carboxylic acids is 1. The summed E-state index contributed by atoms with van der Waals surface area (Å²) in [6.45, 7) is 1.56. The Kier molecular flexibility index (Phi) is 4.77. The standard InChI is InChI=1S/C15H18N4O3/c20-15(14-16-10-17-19-14)18-12-6-7-21-9-13(12)22-8-11-4-2-1-3-5-11/h1-5,10,12-13H,6-9H2,(H,18,20)(H,16,17,19)/t12-,13-/m1/s1. The van der Waals surface area contributed by atoms with Crippen LogP contribution >= 0.6 is 0 Å². The molecule has 2 N–H and O–H groups in total. The SMILES string of the molecule is O=C(N[C@@H]1CCOC[C@H]1OCc1ccccc1)c1ncn[nH]1. The van der Waals surface area contributed by atoms with E-state index in [9.17, 15) is 4.79 Å². The Balaban J connectivity index is 1.57. The van der Waals surface area contributed by atoms with Gasteiger partial charge in [-0.1, -0.05) is 30.3 Å². The highest BCUT2D eigenvalue weighted by molar-refractivity contribution is 5.90. The largest absolute Gasteiger partial charge is 0.379 e. The minimum atomic E-state index is -0.280. The van der Waals surface area contributed by atoms with Gasteiger partial charge < -0.3 is 14.8 Å². The highest BCUT2D eigenvalue weighted by atomic mass is 16.5. The number of aromatic nitrogens is 3. The number of benzene rings is 1. The zero-order chi connectivity index (χ0) is 15.2. The molecular weight excluding hydrogens is 284 g/mol. The van der Waals surface area contributed by atoms with Gasteiger partial charge >= 0.3 is 0 Å². The molecule has 0 bridgehead atoms. The summed E-state index contributed by atoms with van der Waals surface area (Å²) in [6.07, 6.45) is 1.84. The topological polar surface area (TPSA) is 89.1 Å². The van der Waals surface area contributed by atoms with Gasteiger partial charge in [0.05, 0.1) is 19.3 Å². The minimum Gasteiger partial charge on any atom is -0.379 e. The van der Waals surface area contributed by atoms with E-state index in [0.717, 1.165) is 5.56 Å². The first-order chi connectivity index (χ1) is 10.8. The lowest BCUT2D eigenvalue weighted by molar-refractivity contribution is -0.0736. The molecule has 1 aromatic heterocycles. The number of hydrogen-bond donors (Lipinski definition) is 2. The monoisotopic (exact) mass is 302 g/mol. The minimum absolute atomic E-state index is 0.102. The van der Waals surface area contributed by atoms with Crippen LogP contribution in [0.15, 0.2) is 36.7 Å². The molecule has 1 fully saturated rings. The number of nitrogens with one attached hydrogen (secondary N) is 2. The molecule has 0 unspecified atom stereocenters. The number of carbonyl (C=O) groups is 1. The quantitative estimate of drug-likeness (QED) is 0.857. The summed E-state index contributed by atoms with van der Waals surface area (Å²) in [7, 11) is 0. The van der Waals surface area contributed by atoms with Crippen LogP contribution in [0.25, 0.3) is 0 Å². The molecule has 1 amide bonds. The van der Waals surface area contributed by atoms with Crippen LogP contribution in [0.5, 0.6) is 0 Å². The second-order valence-corrected chi connectivity index (χ2v) is 5.11. The summed E-state index contributed by atoms with van der Waals surface area (Å²) in [5.74, 6) is -0.0778. The molecule has 2 aromatic rings. The first-order valence-corrected chi connectivity index (χ1v) is 7.22. The lowest BCUT2D eigenvalue weighted by Crippen LogP contribution is -2.50. The first kappa shape index (κ1) is 14.7. The molecule has 2 atom stereocenters. The zero-order valence-electron chi connectivity index (χ0n) is 12.1. The fraction of sp³-hybridized carbons (Fsp3) is 0.400. The number of nitrogens with zero attached hydrogens (tertiary/aromatic N) is 2. The molecule has 0 aliphatic carbocycles. The van der Waals surface area contributed by atoms with Crippen molar-refractivity contribution < 1.29 is 14.3 Å². The number of H-pyrrole nitrogens is 1. The molecule has 1 aliphatic rings. The predicted octanol–water partition coefficient (Wildman–Crippen LogP) is 0.909. The maximum atomic E-state index is 12.1. The second kappa shape index (κ2) is 7.15. The number of aromatic amines is 1. The smallest absolute Gasteiger partial charge is 0.288 e. The van der Waals surface area contributed by atoms with Crippen LogP contribution in [0.4, 0.5) is 0 Å². The third kappa shape index (κ3) is 3.69. The van der Waals surface area contributed by atoms with Crippen LogP contribution < -0.4 is 5.32 Å². The van der Waals surface area contributed by atoms with Crippen LogP contribution in [0.1, 0.15) is 22.6 Å². The number of hydrogen-bond acceptors (Lipinski definition) is 5. The Morgan fingerprint density at radius 1 is 1.41 bits per heavy atom. The summed E-state index contributed by atoms with van der Waals surface area (Å²) < 4.78 is 11.4. The molecule has 3 rings (SSSR count). The lowest BCUT2D eigenvalue weighted by Gasteiger charge is -2.31. The molecule has 7 nitrogen and oxygen atoms in total. The van der Waals surface area contributed by atoms with Gasteiger partial charge in [-0.25, -0.2) is 4.98 Å². The Labute approximate surface area is 128 Å². The average molecular weight is 302 g/mol. The summed E-state index contributed by atoms with van der Waals surface area (Å²) >= 11 is 0. The Morgan fingerprint density at radius 3 is 3.05 bits per heavy atom. The molecule has 116 valence electrons. The molecule has 0 radical (unpaired) electrons. The maximum Gasteiger partial charge on any atom is 0.288 e. The fourth-order valence-corrected chi connectivity index (χ4v) is 2.37. The van der Waals surface area contributed by atoms with Crippen molar-refractivity contribution in [2.45, 2.75) is 25.2 Å². The molecule has 1 aliphatic heterocycles. The van der Waals surface area contributed by atoms with Crippen molar-refractivity contribution in [1.82, 2.24) is 20.5 Å². The molecular formula is C15H18N4O3. The van der Waals surface area contributed by atoms with Crippen LogP contribution in [-0.2, 0) is 16.1 Å². The van der Waals surface area contributed by atoms with E-state index in [0.29, 0.717) is 26.2 Å². The van der Waals surface area contributed by atoms with Gasteiger partial charge in [-0.05, 0) is 12.0 Å².